The van der Waals surface area contributed by atoms with E-state index in [-0.39, 0.29) is 24.9 Å². The minimum Gasteiger partial charge on any atom is -0.468 e. The number of nitrogens with zero attached hydrogens (tertiary/aromatic N) is 2. The van der Waals surface area contributed by atoms with Gasteiger partial charge in [0.1, 0.15) is 12.5 Å². The van der Waals surface area contributed by atoms with Crippen molar-refractivity contribution in [2.45, 2.75) is 18.6 Å². The van der Waals surface area contributed by atoms with Crippen LogP contribution in [-0.4, -0.2) is 78.6 Å². The summed E-state index contributed by atoms with van der Waals surface area (Å²) < 4.78 is 26.4. The quantitative estimate of drug-likeness (QED) is 0.354. The fraction of sp³-hybridized carbons (Fsp3) is 0.480. The lowest BCUT2D eigenvalue weighted by Crippen LogP contribution is -2.36. The highest BCUT2D eigenvalue weighted by atomic mass is 16.7. The van der Waals surface area contributed by atoms with Crippen LogP contribution in [0.15, 0.2) is 48.5 Å². The van der Waals surface area contributed by atoms with Gasteiger partial charge in [-0.3, -0.25) is 4.90 Å². The zero-order valence-electron chi connectivity index (χ0n) is 19.9. The number of hydrogen-bond acceptors (Lipinski definition) is 8. The molecule has 2 atom stereocenters. The van der Waals surface area contributed by atoms with Crippen LogP contribution in [0.25, 0.3) is 0 Å². The van der Waals surface area contributed by atoms with Crippen LogP contribution in [0.5, 0.6) is 5.75 Å². The maximum absolute atomic E-state index is 11.8. The first kappa shape index (κ1) is 25.0. The van der Waals surface area contributed by atoms with Crippen molar-refractivity contribution in [3.05, 3.63) is 59.7 Å². The zero-order valence-corrected chi connectivity index (χ0v) is 19.9. The highest BCUT2D eigenvalue weighted by Crippen LogP contribution is 2.30. The summed E-state index contributed by atoms with van der Waals surface area (Å²) in [5.74, 6) is 0.416. The van der Waals surface area contributed by atoms with Crippen molar-refractivity contribution in [2.24, 2.45) is 0 Å². The van der Waals surface area contributed by atoms with E-state index >= 15 is 0 Å². The Bertz CT molecular complexity index is 875. The molecule has 0 amide bonds. The molecular formula is C25H34N2O6. The molecule has 2 aromatic rings. The van der Waals surface area contributed by atoms with Gasteiger partial charge in [0.25, 0.3) is 0 Å². The molecule has 2 aromatic carbocycles. The summed E-state index contributed by atoms with van der Waals surface area (Å²) in [4.78, 5) is 16.5. The Kier molecular flexibility index (Phi) is 9.50. The lowest BCUT2D eigenvalue weighted by atomic mass is 10.0. The maximum atomic E-state index is 11.8. The fourth-order valence-electron chi connectivity index (χ4n) is 4.03. The van der Waals surface area contributed by atoms with Crippen LogP contribution in [0.3, 0.4) is 0 Å². The molecule has 0 aromatic heterocycles. The molecule has 8 nitrogen and oxygen atoms in total. The number of hydrogen-bond donors (Lipinski definition) is 0. The number of benzene rings is 2. The number of carbonyl (C=O) groups excluding carboxylic acids is 1. The van der Waals surface area contributed by atoms with E-state index in [1.165, 1.54) is 7.11 Å². The lowest BCUT2D eigenvalue weighted by Gasteiger charge is -2.34. The largest absolute Gasteiger partial charge is 0.468 e. The summed E-state index contributed by atoms with van der Waals surface area (Å²) in [7, 11) is 6.70. The smallest absolute Gasteiger partial charge is 0.337 e. The number of methoxy groups -OCH3 is 3. The van der Waals surface area contributed by atoms with E-state index in [1.807, 2.05) is 24.3 Å². The monoisotopic (exact) mass is 458 g/mol. The van der Waals surface area contributed by atoms with Gasteiger partial charge in [0.15, 0.2) is 6.79 Å². The van der Waals surface area contributed by atoms with Crippen LogP contribution in [0.1, 0.15) is 28.4 Å². The number of esters is 1. The second kappa shape index (κ2) is 12.6. The van der Waals surface area contributed by atoms with Gasteiger partial charge in [0.05, 0.1) is 24.8 Å². The van der Waals surface area contributed by atoms with Crippen molar-refractivity contribution in [3.63, 3.8) is 0 Å². The molecule has 2 unspecified atom stereocenters. The number of carbonyl (C=O) groups is 1. The van der Waals surface area contributed by atoms with Gasteiger partial charge in [-0.05, 0) is 48.4 Å². The van der Waals surface area contributed by atoms with Gasteiger partial charge in [0.2, 0.25) is 0 Å². The molecule has 1 aliphatic heterocycles. The van der Waals surface area contributed by atoms with Crippen molar-refractivity contribution >= 4 is 11.7 Å². The minimum absolute atomic E-state index is 0.0567. The SMILES string of the molecule is COCOc1cccc(C(CN2CCC(OCOC)C2)N(C)c2ccc(C(=O)OC)cc2)c1. The molecule has 180 valence electrons. The third-order valence-corrected chi connectivity index (χ3v) is 5.83. The zero-order chi connectivity index (χ0) is 23.6. The number of rotatable bonds is 12. The predicted octanol–water partition coefficient (Wildman–Crippen LogP) is 3.33. The summed E-state index contributed by atoms with van der Waals surface area (Å²) in [6, 6.07) is 15.6. The molecule has 0 aliphatic carbocycles. The standard InChI is InChI=1S/C25H34N2O6/c1-26(21-10-8-19(9-11-21)25(28)31-4)24(16-27-13-12-23(15-27)33-18-30-3)20-6-5-7-22(14-20)32-17-29-2/h5-11,14,23-24H,12-13,15-18H2,1-4H3. The van der Waals surface area contributed by atoms with Gasteiger partial charge in [-0.25, -0.2) is 4.79 Å². The molecule has 1 fully saturated rings. The van der Waals surface area contributed by atoms with E-state index < -0.39 is 0 Å². The Hall–Kier alpha value is -2.65. The van der Waals surface area contributed by atoms with Crippen LogP contribution < -0.4 is 9.64 Å². The first-order valence-corrected chi connectivity index (χ1v) is 11.0. The van der Waals surface area contributed by atoms with Crippen LogP contribution in [-0.2, 0) is 18.9 Å². The topological polar surface area (TPSA) is 69.7 Å². The third-order valence-electron chi connectivity index (χ3n) is 5.83. The molecule has 0 N–H and O–H groups in total. The van der Waals surface area contributed by atoms with Crippen LogP contribution >= 0.6 is 0 Å². The Balaban J connectivity index is 1.81. The van der Waals surface area contributed by atoms with Gasteiger partial charge in [-0.2, -0.15) is 0 Å². The Morgan fingerprint density at radius 2 is 1.85 bits per heavy atom. The lowest BCUT2D eigenvalue weighted by molar-refractivity contribution is -0.0671. The average Bonchev–Trinajstić information content (AvgIpc) is 3.31. The molecule has 33 heavy (non-hydrogen) atoms. The number of anilines is 1. The summed E-state index contributed by atoms with van der Waals surface area (Å²) >= 11 is 0. The summed E-state index contributed by atoms with van der Waals surface area (Å²) in [5.41, 5.74) is 2.66. The van der Waals surface area contributed by atoms with Crippen molar-refractivity contribution < 1.29 is 28.5 Å². The molecule has 1 aliphatic rings. The Labute approximate surface area is 195 Å². The molecule has 8 heteroatoms. The molecule has 0 bridgehead atoms. The number of likely N-dealkylation sites (N-methyl/N-ethyl adjacent to an activating group) is 1. The molecule has 1 heterocycles. The molecular weight excluding hydrogens is 424 g/mol. The van der Waals surface area contributed by atoms with Crippen molar-refractivity contribution in [1.29, 1.82) is 0 Å². The maximum Gasteiger partial charge on any atom is 0.337 e. The molecule has 0 spiro atoms. The van der Waals surface area contributed by atoms with Crippen molar-refractivity contribution in [2.75, 3.05) is 66.5 Å². The van der Waals surface area contributed by atoms with Gasteiger partial charge < -0.3 is 28.6 Å². The Morgan fingerprint density at radius 3 is 2.55 bits per heavy atom. The van der Waals surface area contributed by atoms with Crippen molar-refractivity contribution in [3.8, 4) is 5.75 Å². The molecule has 1 saturated heterocycles. The number of likely N-dealkylation sites (tertiary alicyclic amines) is 1. The molecule has 3 rings (SSSR count). The van der Waals surface area contributed by atoms with E-state index in [4.69, 9.17) is 23.7 Å². The van der Waals surface area contributed by atoms with E-state index in [2.05, 4.69) is 29.0 Å². The number of ether oxygens (including phenoxy) is 5. The van der Waals surface area contributed by atoms with E-state index in [1.54, 1.807) is 26.4 Å². The Morgan fingerprint density at radius 1 is 1.09 bits per heavy atom. The van der Waals surface area contributed by atoms with Gasteiger partial charge in [0, 0.05) is 46.6 Å². The van der Waals surface area contributed by atoms with Gasteiger partial charge >= 0.3 is 5.97 Å². The summed E-state index contributed by atoms with van der Waals surface area (Å²) in [6.45, 7) is 3.14. The first-order valence-electron chi connectivity index (χ1n) is 11.0. The average molecular weight is 459 g/mol. The van der Waals surface area contributed by atoms with Crippen LogP contribution in [0.4, 0.5) is 5.69 Å². The van der Waals surface area contributed by atoms with E-state index in [0.717, 1.165) is 43.1 Å². The van der Waals surface area contributed by atoms with E-state index in [0.29, 0.717) is 12.4 Å². The minimum atomic E-state index is -0.345. The summed E-state index contributed by atoms with van der Waals surface area (Å²) in [5, 5.41) is 0. The normalized spacial score (nSPS) is 17.0. The highest BCUT2D eigenvalue weighted by molar-refractivity contribution is 5.89. The molecule has 0 radical (unpaired) electrons. The predicted molar refractivity (Wildman–Crippen MR) is 126 cm³/mol. The first-order chi connectivity index (χ1) is 16.0. The second-order valence-corrected chi connectivity index (χ2v) is 8.03. The van der Waals surface area contributed by atoms with Crippen LogP contribution in [0.2, 0.25) is 0 Å². The van der Waals surface area contributed by atoms with Gasteiger partial charge in [-0.15, -0.1) is 0 Å². The fourth-order valence-corrected chi connectivity index (χ4v) is 4.03. The molecule has 0 saturated carbocycles. The van der Waals surface area contributed by atoms with Crippen LogP contribution in [0, 0.1) is 0 Å². The second-order valence-electron chi connectivity index (χ2n) is 8.03. The summed E-state index contributed by atoms with van der Waals surface area (Å²) in [6.07, 6.45) is 1.15. The van der Waals surface area contributed by atoms with E-state index in [9.17, 15) is 4.79 Å². The highest BCUT2D eigenvalue weighted by Gasteiger charge is 2.28. The van der Waals surface area contributed by atoms with Crippen molar-refractivity contribution in [1.82, 2.24) is 4.90 Å². The van der Waals surface area contributed by atoms with Gasteiger partial charge in [-0.1, -0.05) is 12.1 Å². The third kappa shape index (κ3) is 6.91.